The second-order valence-corrected chi connectivity index (χ2v) is 8.41. The number of alkyl halides is 3. The van der Waals surface area contributed by atoms with Crippen LogP contribution >= 0.6 is 12.6 Å². The topological polar surface area (TPSA) is 90.4 Å². The van der Waals surface area contributed by atoms with E-state index in [1.54, 1.807) is 36.4 Å². The van der Waals surface area contributed by atoms with E-state index in [0.29, 0.717) is 18.5 Å². The van der Waals surface area contributed by atoms with Crippen LogP contribution in [-0.4, -0.2) is 22.9 Å². The van der Waals surface area contributed by atoms with Crippen LogP contribution < -0.4 is 15.5 Å². The van der Waals surface area contributed by atoms with Crippen LogP contribution in [0.3, 0.4) is 0 Å². The second-order valence-electron chi connectivity index (χ2n) is 7.94. The fourth-order valence-electron chi connectivity index (χ4n) is 4.30. The van der Waals surface area contributed by atoms with Crippen molar-refractivity contribution in [1.29, 1.82) is 5.26 Å². The third-order valence-electron chi connectivity index (χ3n) is 6.04. The summed E-state index contributed by atoms with van der Waals surface area (Å²) in [6.45, 7) is 0. The third kappa shape index (κ3) is 3.82. The summed E-state index contributed by atoms with van der Waals surface area (Å²) in [6, 6.07) is 11.8. The van der Waals surface area contributed by atoms with Crippen molar-refractivity contribution in [3.63, 3.8) is 0 Å². The maximum Gasteiger partial charge on any atom is 0.417 e. The van der Waals surface area contributed by atoms with Crippen molar-refractivity contribution in [3.8, 4) is 6.07 Å². The molecule has 1 aliphatic heterocycles. The van der Waals surface area contributed by atoms with Crippen LogP contribution in [0.5, 0.6) is 0 Å². The Morgan fingerprint density at radius 3 is 2.33 bits per heavy atom. The first-order chi connectivity index (χ1) is 15.6. The van der Waals surface area contributed by atoms with Crippen molar-refractivity contribution in [2.45, 2.75) is 36.5 Å². The molecule has 0 radical (unpaired) electrons. The van der Waals surface area contributed by atoms with Gasteiger partial charge in [-0.05, 0) is 61.2 Å². The molecule has 2 aliphatic rings. The van der Waals surface area contributed by atoms with Gasteiger partial charge in [0.1, 0.15) is 5.54 Å². The van der Waals surface area contributed by atoms with Gasteiger partial charge in [0.25, 0.3) is 5.91 Å². The number of rotatable bonds is 4. The smallest absolute Gasteiger partial charge is 0.366 e. The molecule has 2 fully saturated rings. The molecule has 2 aromatic rings. The second kappa shape index (κ2) is 8.15. The fourth-order valence-corrected chi connectivity index (χ4v) is 4.90. The van der Waals surface area contributed by atoms with Gasteiger partial charge in [0.2, 0.25) is 5.91 Å². The zero-order chi connectivity index (χ0) is 24.0. The summed E-state index contributed by atoms with van der Waals surface area (Å²) >= 11 is 4.62. The van der Waals surface area contributed by atoms with Gasteiger partial charge in [0.05, 0.1) is 17.2 Å². The van der Waals surface area contributed by atoms with E-state index in [9.17, 15) is 22.8 Å². The number of amides is 2. The van der Waals surface area contributed by atoms with Crippen LogP contribution in [-0.2, 0) is 15.8 Å². The van der Waals surface area contributed by atoms with Crippen molar-refractivity contribution in [2.75, 3.05) is 9.80 Å². The maximum atomic E-state index is 13.5. The third-order valence-corrected chi connectivity index (χ3v) is 6.50. The maximum absolute atomic E-state index is 13.5. The predicted octanol–water partition coefficient (Wildman–Crippen LogP) is 4.06. The largest absolute Gasteiger partial charge is 0.417 e. The summed E-state index contributed by atoms with van der Waals surface area (Å²) < 4.78 is 40.5. The minimum atomic E-state index is -4.74. The molecule has 1 saturated carbocycles. The summed E-state index contributed by atoms with van der Waals surface area (Å²) in [5.41, 5.74) is 3.19. The minimum absolute atomic E-state index is 0.0288. The SMILES string of the molecule is N#Cc1ccc(N2C(=O)C3(CCC3)N(c3ccc(/C=C/C(N)=O)cc3)C2S)cc1C(F)(F)F. The van der Waals surface area contributed by atoms with E-state index >= 15 is 0 Å². The number of nitrogens with zero attached hydrogens (tertiary/aromatic N) is 3. The molecule has 10 heteroatoms. The average Bonchev–Trinajstić information content (AvgIpc) is 2.98. The lowest BCUT2D eigenvalue weighted by Crippen LogP contribution is -2.55. The van der Waals surface area contributed by atoms with Crippen molar-refractivity contribution >= 4 is 41.9 Å². The number of halogens is 3. The number of hydrogen-bond acceptors (Lipinski definition) is 5. The van der Waals surface area contributed by atoms with Crippen molar-refractivity contribution in [3.05, 3.63) is 65.2 Å². The van der Waals surface area contributed by atoms with Gasteiger partial charge >= 0.3 is 6.18 Å². The van der Waals surface area contributed by atoms with Gasteiger partial charge in [-0.15, -0.1) is 12.6 Å². The quantitative estimate of drug-likeness (QED) is 0.519. The zero-order valence-electron chi connectivity index (χ0n) is 17.2. The summed E-state index contributed by atoms with van der Waals surface area (Å²) in [5, 5.41) is 9.07. The van der Waals surface area contributed by atoms with Gasteiger partial charge in [0, 0.05) is 17.5 Å². The average molecular weight is 472 g/mol. The van der Waals surface area contributed by atoms with Gasteiger partial charge in [-0.1, -0.05) is 12.1 Å². The van der Waals surface area contributed by atoms with E-state index in [4.69, 9.17) is 11.0 Å². The number of anilines is 2. The Labute approximate surface area is 193 Å². The van der Waals surface area contributed by atoms with Gasteiger partial charge in [-0.3, -0.25) is 14.5 Å². The van der Waals surface area contributed by atoms with Crippen molar-refractivity contribution in [2.24, 2.45) is 5.73 Å². The molecule has 1 heterocycles. The van der Waals surface area contributed by atoms with Gasteiger partial charge in [-0.25, -0.2) is 0 Å². The molecule has 170 valence electrons. The molecule has 1 spiro atoms. The lowest BCUT2D eigenvalue weighted by atomic mass is 9.75. The number of hydrogen-bond donors (Lipinski definition) is 2. The molecule has 1 unspecified atom stereocenters. The molecule has 0 bridgehead atoms. The molecule has 4 rings (SSSR count). The molecule has 0 aromatic heterocycles. The number of thiol groups is 1. The number of nitrogens with two attached hydrogens (primary N) is 1. The van der Waals surface area contributed by atoms with E-state index < -0.39 is 34.2 Å². The van der Waals surface area contributed by atoms with Crippen LogP contribution in [0.25, 0.3) is 6.08 Å². The van der Waals surface area contributed by atoms with Crippen LogP contribution in [0.15, 0.2) is 48.5 Å². The molecule has 33 heavy (non-hydrogen) atoms. The molecule has 6 nitrogen and oxygen atoms in total. The van der Waals surface area contributed by atoms with E-state index in [-0.39, 0.29) is 11.6 Å². The number of benzene rings is 2. The highest BCUT2D eigenvalue weighted by atomic mass is 32.1. The van der Waals surface area contributed by atoms with Gasteiger partial charge < -0.3 is 10.6 Å². The molecular weight excluding hydrogens is 453 g/mol. The lowest BCUT2D eigenvalue weighted by molar-refractivity contribution is -0.137. The highest BCUT2D eigenvalue weighted by Gasteiger charge is 2.60. The number of nitriles is 1. The fraction of sp³-hybridized carbons (Fsp3) is 0.261. The van der Waals surface area contributed by atoms with Crippen LogP contribution in [0.4, 0.5) is 24.5 Å². The molecular formula is C23H19F3N4O2S. The summed E-state index contributed by atoms with van der Waals surface area (Å²) in [6.07, 6.45) is -0.0557. The van der Waals surface area contributed by atoms with Crippen molar-refractivity contribution < 1.29 is 22.8 Å². The Hall–Kier alpha value is -3.45. The molecule has 1 aliphatic carbocycles. The Kier molecular flexibility index (Phi) is 5.62. The normalized spacial score (nSPS) is 19.7. The van der Waals surface area contributed by atoms with Crippen molar-refractivity contribution in [1.82, 2.24) is 0 Å². The van der Waals surface area contributed by atoms with E-state index in [2.05, 4.69) is 12.6 Å². The van der Waals surface area contributed by atoms with Crippen LogP contribution in [0.2, 0.25) is 0 Å². The van der Waals surface area contributed by atoms with Gasteiger partial charge in [0.15, 0.2) is 5.50 Å². The molecule has 1 saturated heterocycles. The number of carbonyl (C=O) groups is 2. The summed E-state index contributed by atoms with van der Waals surface area (Å²) in [4.78, 5) is 27.5. The van der Waals surface area contributed by atoms with E-state index in [1.165, 1.54) is 17.0 Å². The molecule has 2 aromatic carbocycles. The lowest BCUT2D eigenvalue weighted by Gasteiger charge is -2.44. The molecule has 1 atom stereocenters. The Balaban J connectivity index is 1.73. The highest BCUT2D eigenvalue weighted by molar-refractivity contribution is 7.81. The Morgan fingerprint density at radius 1 is 1.18 bits per heavy atom. The Morgan fingerprint density at radius 2 is 1.82 bits per heavy atom. The van der Waals surface area contributed by atoms with Gasteiger partial charge in [-0.2, -0.15) is 18.4 Å². The van der Waals surface area contributed by atoms with E-state index in [1.807, 2.05) is 4.90 Å². The number of primary amides is 1. The zero-order valence-corrected chi connectivity index (χ0v) is 18.1. The predicted molar refractivity (Wildman–Crippen MR) is 120 cm³/mol. The first-order valence-electron chi connectivity index (χ1n) is 10.1. The summed E-state index contributed by atoms with van der Waals surface area (Å²) in [5.74, 6) is -0.909. The highest BCUT2D eigenvalue weighted by Crippen LogP contribution is 2.50. The summed E-state index contributed by atoms with van der Waals surface area (Å²) in [7, 11) is 0. The Bertz CT molecular complexity index is 1180. The monoisotopic (exact) mass is 472 g/mol. The molecule has 2 amide bonds. The van der Waals surface area contributed by atoms with Crippen LogP contribution in [0, 0.1) is 11.3 Å². The minimum Gasteiger partial charge on any atom is -0.366 e. The molecule has 2 N–H and O–H groups in total. The first-order valence-corrected chi connectivity index (χ1v) is 10.6. The van der Waals surface area contributed by atoms with E-state index in [0.717, 1.165) is 24.1 Å². The number of carbonyl (C=O) groups excluding carboxylic acids is 2. The van der Waals surface area contributed by atoms with Crippen LogP contribution in [0.1, 0.15) is 36.0 Å². The first kappa shape index (κ1) is 22.7. The standard InChI is InChI=1S/C23H19F3N4O2S/c24-23(25,26)18-12-17(8-5-15(18)13-27)29-20(32)22(10-1-11-22)30(21(29)33)16-6-2-14(3-7-16)4-9-19(28)31/h2-9,12,21,33H,1,10-11H2,(H2,28,31)/b9-4+.